The van der Waals surface area contributed by atoms with Crippen molar-refractivity contribution in [1.29, 1.82) is 0 Å². The SMILES string of the molecule is Cc1cc(N2CCN(C(=O)C3CCOC3)CC2CC(=O)NCc2ccccc2Cl)nc(-n2ccnc2)n1. The highest BCUT2D eigenvalue weighted by atomic mass is 35.5. The van der Waals surface area contributed by atoms with Gasteiger partial charge in [0.05, 0.1) is 18.6 Å². The predicted octanol–water partition coefficient (Wildman–Crippen LogP) is 2.38. The van der Waals surface area contributed by atoms with Crippen LogP contribution in [-0.2, 0) is 20.9 Å². The number of aromatic nitrogens is 4. The van der Waals surface area contributed by atoms with Crippen LogP contribution >= 0.6 is 11.6 Å². The fourth-order valence-electron chi connectivity index (χ4n) is 4.82. The van der Waals surface area contributed by atoms with Crippen LogP contribution in [0.5, 0.6) is 0 Å². The van der Waals surface area contributed by atoms with Gasteiger partial charge < -0.3 is 19.9 Å². The van der Waals surface area contributed by atoms with E-state index in [1.54, 1.807) is 29.4 Å². The van der Waals surface area contributed by atoms with Gasteiger partial charge in [0.1, 0.15) is 12.1 Å². The van der Waals surface area contributed by atoms with Gasteiger partial charge in [0.25, 0.3) is 0 Å². The Morgan fingerprint density at radius 1 is 1.22 bits per heavy atom. The lowest BCUT2D eigenvalue weighted by molar-refractivity contribution is -0.137. The third-order valence-electron chi connectivity index (χ3n) is 6.79. The van der Waals surface area contributed by atoms with Crippen molar-refractivity contribution in [2.24, 2.45) is 5.92 Å². The van der Waals surface area contributed by atoms with Crippen LogP contribution in [0, 0.1) is 12.8 Å². The van der Waals surface area contributed by atoms with Crippen LogP contribution < -0.4 is 10.2 Å². The quantitative estimate of drug-likeness (QED) is 0.507. The summed E-state index contributed by atoms with van der Waals surface area (Å²) < 4.78 is 7.19. The van der Waals surface area contributed by atoms with Crippen LogP contribution in [0.2, 0.25) is 5.02 Å². The first-order valence-corrected chi connectivity index (χ1v) is 12.8. The lowest BCUT2D eigenvalue weighted by Gasteiger charge is -2.42. The highest BCUT2D eigenvalue weighted by Gasteiger charge is 2.35. The number of anilines is 1. The molecule has 194 valence electrons. The van der Waals surface area contributed by atoms with Gasteiger partial charge >= 0.3 is 0 Å². The summed E-state index contributed by atoms with van der Waals surface area (Å²) in [6.45, 7) is 4.86. The normalized spacial score (nSPS) is 19.7. The molecule has 11 heteroatoms. The number of hydrogen-bond donors (Lipinski definition) is 1. The zero-order valence-corrected chi connectivity index (χ0v) is 21.5. The number of carbonyl (C=O) groups is 2. The summed E-state index contributed by atoms with van der Waals surface area (Å²) in [5.74, 6) is 1.09. The Bertz CT molecular complexity index is 1250. The van der Waals surface area contributed by atoms with Crippen molar-refractivity contribution in [2.45, 2.75) is 32.4 Å². The summed E-state index contributed by atoms with van der Waals surface area (Å²) in [4.78, 5) is 43.6. The van der Waals surface area contributed by atoms with Gasteiger partial charge in [0.15, 0.2) is 0 Å². The summed E-state index contributed by atoms with van der Waals surface area (Å²) in [5, 5.41) is 3.60. The van der Waals surface area contributed by atoms with Crippen molar-refractivity contribution >= 4 is 29.2 Å². The van der Waals surface area contributed by atoms with E-state index in [-0.39, 0.29) is 30.2 Å². The molecule has 2 saturated heterocycles. The molecule has 2 aliphatic rings. The molecular formula is C26H30ClN7O3. The standard InChI is InChI=1S/C26H30ClN7O3/c1-18-12-23(31-26(30-18)33-8-7-28-17-33)34-10-9-32(25(36)20-6-11-37-16-20)15-21(34)13-24(35)29-14-19-4-2-3-5-22(19)27/h2-5,7-8,12,17,20-21H,6,9-11,13-16H2,1H3,(H,29,35). The lowest BCUT2D eigenvalue weighted by Crippen LogP contribution is -2.57. The van der Waals surface area contributed by atoms with Gasteiger partial charge in [-0.1, -0.05) is 29.8 Å². The van der Waals surface area contributed by atoms with Crippen LogP contribution in [0.15, 0.2) is 49.1 Å². The van der Waals surface area contributed by atoms with E-state index in [1.165, 1.54) is 0 Å². The summed E-state index contributed by atoms with van der Waals surface area (Å²) in [6.07, 6.45) is 6.06. The second-order valence-corrected chi connectivity index (χ2v) is 9.81. The number of halogens is 1. The van der Waals surface area contributed by atoms with Crippen LogP contribution in [0.25, 0.3) is 5.95 Å². The van der Waals surface area contributed by atoms with E-state index in [9.17, 15) is 9.59 Å². The maximum Gasteiger partial charge on any atom is 0.237 e. The molecule has 2 aromatic heterocycles. The van der Waals surface area contributed by atoms with Gasteiger partial charge in [-0.05, 0) is 25.0 Å². The molecule has 0 bridgehead atoms. The summed E-state index contributed by atoms with van der Waals surface area (Å²) in [5.41, 5.74) is 1.66. The maximum atomic E-state index is 13.2. The molecular weight excluding hydrogens is 494 g/mol. The highest BCUT2D eigenvalue weighted by molar-refractivity contribution is 6.31. The first-order valence-electron chi connectivity index (χ1n) is 12.4. The van der Waals surface area contributed by atoms with Gasteiger partial charge in [-0.2, -0.15) is 4.98 Å². The fourth-order valence-corrected chi connectivity index (χ4v) is 5.02. The van der Waals surface area contributed by atoms with Gasteiger partial charge in [-0.25, -0.2) is 9.97 Å². The van der Waals surface area contributed by atoms with Gasteiger partial charge in [-0.3, -0.25) is 14.2 Å². The third kappa shape index (κ3) is 5.91. The second kappa shape index (κ2) is 11.3. The second-order valence-electron chi connectivity index (χ2n) is 9.40. The Morgan fingerprint density at radius 3 is 2.84 bits per heavy atom. The minimum Gasteiger partial charge on any atom is -0.381 e. The first-order chi connectivity index (χ1) is 18.0. The molecule has 2 fully saturated rings. The first kappa shape index (κ1) is 25.2. The number of nitrogens with one attached hydrogen (secondary N) is 1. The number of carbonyl (C=O) groups excluding carboxylic acids is 2. The molecule has 2 atom stereocenters. The Kier molecular flexibility index (Phi) is 7.66. The van der Waals surface area contributed by atoms with E-state index in [0.717, 1.165) is 23.5 Å². The van der Waals surface area contributed by atoms with E-state index >= 15 is 0 Å². The molecule has 5 rings (SSSR count). The largest absolute Gasteiger partial charge is 0.381 e. The predicted molar refractivity (Wildman–Crippen MR) is 138 cm³/mol. The zero-order chi connectivity index (χ0) is 25.8. The highest BCUT2D eigenvalue weighted by Crippen LogP contribution is 2.25. The number of nitrogens with zero attached hydrogens (tertiary/aromatic N) is 6. The molecule has 2 amide bonds. The molecule has 0 spiro atoms. The molecule has 1 aromatic carbocycles. The van der Waals surface area contributed by atoms with Crippen molar-refractivity contribution in [1.82, 2.24) is 29.7 Å². The van der Waals surface area contributed by atoms with Crippen LogP contribution in [0.1, 0.15) is 24.1 Å². The Morgan fingerprint density at radius 2 is 2.08 bits per heavy atom. The van der Waals surface area contributed by atoms with Crippen molar-refractivity contribution in [3.8, 4) is 5.95 Å². The Hall–Kier alpha value is -3.50. The fraction of sp³-hybridized carbons (Fsp3) is 0.423. The zero-order valence-electron chi connectivity index (χ0n) is 20.7. The lowest BCUT2D eigenvalue weighted by atomic mass is 10.0. The van der Waals surface area contributed by atoms with E-state index in [4.69, 9.17) is 21.3 Å². The summed E-state index contributed by atoms with van der Waals surface area (Å²) in [7, 11) is 0. The van der Waals surface area contributed by atoms with Gasteiger partial charge in [0, 0.05) is 68.4 Å². The summed E-state index contributed by atoms with van der Waals surface area (Å²) >= 11 is 6.26. The molecule has 37 heavy (non-hydrogen) atoms. The van der Waals surface area contributed by atoms with Crippen molar-refractivity contribution < 1.29 is 14.3 Å². The average molecular weight is 524 g/mol. The minimum absolute atomic E-state index is 0.0941. The number of imidazole rings is 1. The van der Waals surface area contributed by atoms with E-state index in [2.05, 4.69) is 20.2 Å². The molecule has 3 aromatic rings. The molecule has 1 N–H and O–H groups in total. The van der Waals surface area contributed by atoms with E-state index in [1.807, 2.05) is 36.1 Å². The number of amides is 2. The Labute approximate surface area is 220 Å². The van der Waals surface area contributed by atoms with Crippen molar-refractivity contribution in [3.63, 3.8) is 0 Å². The van der Waals surface area contributed by atoms with Gasteiger partial charge in [-0.15, -0.1) is 0 Å². The van der Waals surface area contributed by atoms with Crippen molar-refractivity contribution in [2.75, 3.05) is 37.7 Å². The number of hydrogen-bond acceptors (Lipinski definition) is 7. The number of aryl methyl sites for hydroxylation is 1. The number of rotatable bonds is 7. The number of piperazine rings is 1. The third-order valence-corrected chi connectivity index (χ3v) is 7.16. The molecule has 10 nitrogen and oxygen atoms in total. The number of ether oxygens (including phenoxy) is 1. The van der Waals surface area contributed by atoms with E-state index < -0.39 is 0 Å². The van der Waals surface area contributed by atoms with E-state index in [0.29, 0.717) is 50.4 Å². The maximum absolute atomic E-state index is 13.2. The van der Waals surface area contributed by atoms with Crippen LogP contribution in [0.4, 0.5) is 5.82 Å². The molecule has 0 aliphatic carbocycles. The van der Waals surface area contributed by atoms with Crippen LogP contribution in [-0.4, -0.2) is 75.1 Å². The Balaban J connectivity index is 1.35. The average Bonchev–Trinajstić information content (AvgIpc) is 3.62. The molecule has 0 radical (unpaired) electrons. The smallest absolute Gasteiger partial charge is 0.237 e. The van der Waals surface area contributed by atoms with Crippen molar-refractivity contribution in [3.05, 3.63) is 65.3 Å². The molecule has 0 saturated carbocycles. The van der Waals surface area contributed by atoms with Gasteiger partial charge in [0.2, 0.25) is 17.8 Å². The summed E-state index contributed by atoms with van der Waals surface area (Å²) in [6, 6.07) is 9.10. The molecule has 2 aliphatic heterocycles. The monoisotopic (exact) mass is 523 g/mol. The topological polar surface area (TPSA) is 105 Å². The van der Waals surface area contributed by atoms with Crippen LogP contribution in [0.3, 0.4) is 0 Å². The molecule has 2 unspecified atom stereocenters. The minimum atomic E-state index is -0.254. The number of benzene rings is 1. The molecule has 4 heterocycles.